The van der Waals surface area contributed by atoms with Crippen molar-refractivity contribution in [2.45, 2.75) is 30.1 Å². The van der Waals surface area contributed by atoms with Gasteiger partial charge in [-0.15, -0.1) is 0 Å². The van der Waals surface area contributed by atoms with E-state index in [4.69, 9.17) is 4.74 Å². The number of imidazole rings is 1. The second-order valence-corrected chi connectivity index (χ2v) is 10.2. The minimum absolute atomic E-state index is 0.0795. The first-order chi connectivity index (χ1) is 15.5. The highest BCUT2D eigenvalue weighted by molar-refractivity contribution is 7.99. The van der Waals surface area contributed by atoms with Crippen molar-refractivity contribution in [2.24, 2.45) is 0 Å². The molecule has 1 amide bonds. The molecule has 0 radical (unpaired) electrons. The molecule has 1 aliphatic heterocycles. The topological polar surface area (TPSA) is 93.5 Å². The lowest BCUT2D eigenvalue weighted by molar-refractivity contribution is -0.118. The summed E-state index contributed by atoms with van der Waals surface area (Å²) < 4.78 is 34.7. The van der Waals surface area contributed by atoms with Gasteiger partial charge in [-0.3, -0.25) is 4.79 Å². The molecule has 0 bridgehead atoms. The molecule has 10 heteroatoms. The molecule has 2 aromatic carbocycles. The number of ether oxygens (including phenoxy) is 1. The van der Waals surface area contributed by atoms with Gasteiger partial charge in [-0.25, -0.2) is 13.4 Å². The van der Waals surface area contributed by atoms with E-state index in [0.717, 1.165) is 11.1 Å². The highest BCUT2D eigenvalue weighted by Crippen LogP contribution is 2.27. The van der Waals surface area contributed by atoms with Crippen molar-refractivity contribution in [3.8, 4) is 0 Å². The molecule has 0 spiro atoms. The minimum atomic E-state index is -3.59. The number of nitrogens with one attached hydrogen (secondary N) is 1. The second kappa shape index (κ2) is 10.0. The van der Waals surface area contributed by atoms with Gasteiger partial charge in [0.2, 0.25) is 15.9 Å². The molecule has 0 saturated carbocycles. The fraction of sp³-hybridized carbons (Fsp3) is 0.364. The predicted octanol–water partition coefficient (Wildman–Crippen LogP) is 2.49. The van der Waals surface area contributed by atoms with E-state index in [0.29, 0.717) is 50.1 Å². The highest BCUT2D eigenvalue weighted by Gasteiger charge is 2.27. The molecule has 0 unspecified atom stereocenters. The molecule has 8 nitrogen and oxygen atoms in total. The minimum Gasteiger partial charge on any atom is -0.379 e. The molecule has 0 aliphatic carbocycles. The van der Waals surface area contributed by atoms with Crippen molar-refractivity contribution >= 4 is 38.7 Å². The molecular formula is C22H26N4O4S2. The first-order valence-electron chi connectivity index (χ1n) is 10.5. The van der Waals surface area contributed by atoms with E-state index in [9.17, 15) is 13.2 Å². The number of thioether (sulfide) groups is 1. The largest absolute Gasteiger partial charge is 0.379 e. The Hall–Kier alpha value is -2.40. The maximum absolute atomic E-state index is 13.0. The third kappa shape index (κ3) is 4.98. The molecule has 2 heterocycles. The molecule has 4 rings (SSSR count). The zero-order chi connectivity index (χ0) is 22.6. The van der Waals surface area contributed by atoms with Crippen LogP contribution in [0, 0.1) is 0 Å². The van der Waals surface area contributed by atoms with Gasteiger partial charge in [0.1, 0.15) is 0 Å². The number of hydrogen-bond donors (Lipinski definition) is 1. The Labute approximate surface area is 192 Å². The molecule has 170 valence electrons. The van der Waals surface area contributed by atoms with E-state index in [1.807, 2.05) is 41.8 Å². The maximum Gasteiger partial charge on any atom is 0.243 e. The molecule has 1 N–H and O–H groups in total. The lowest BCUT2D eigenvalue weighted by Gasteiger charge is -2.26. The van der Waals surface area contributed by atoms with Crippen LogP contribution in [0.5, 0.6) is 0 Å². The Morgan fingerprint density at radius 2 is 1.91 bits per heavy atom. The summed E-state index contributed by atoms with van der Waals surface area (Å²) in [5.74, 6) is 0.152. The number of aromatic nitrogens is 2. The van der Waals surface area contributed by atoms with Crippen LogP contribution in [0.1, 0.15) is 12.5 Å². The lowest BCUT2D eigenvalue weighted by Crippen LogP contribution is -2.40. The number of fused-ring (bicyclic) bond motifs is 1. The average molecular weight is 475 g/mol. The van der Waals surface area contributed by atoms with Crippen LogP contribution < -0.4 is 5.32 Å². The fourth-order valence-electron chi connectivity index (χ4n) is 3.58. The van der Waals surface area contributed by atoms with Gasteiger partial charge in [-0.05, 0) is 30.7 Å². The average Bonchev–Trinajstić information content (AvgIpc) is 3.19. The number of morpholine rings is 1. The van der Waals surface area contributed by atoms with Gasteiger partial charge in [0, 0.05) is 26.2 Å². The summed E-state index contributed by atoms with van der Waals surface area (Å²) >= 11 is 1.35. The Kier molecular flexibility index (Phi) is 7.14. The maximum atomic E-state index is 13.0. The monoisotopic (exact) mass is 474 g/mol. The number of aryl methyl sites for hydroxylation is 1. The predicted molar refractivity (Wildman–Crippen MR) is 124 cm³/mol. The summed E-state index contributed by atoms with van der Waals surface area (Å²) in [6, 6.07) is 14.8. The van der Waals surface area contributed by atoms with Gasteiger partial charge >= 0.3 is 0 Å². The van der Waals surface area contributed by atoms with E-state index in [-0.39, 0.29) is 16.6 Å². The molecule has 3 aromatic rings. The fourth-order valence-corrected chi connectivity index (χ4v) is 5.91. The summed E-state index contributed by atoms with van der Waals surface area (Å²) in [5.41, 5.74) is 2.50. The van der Waals surface area contributed by atoms with E-state index in [1.54, 1.807) is 18.2 Å². The van der Waals surface area contributed by atoms with Crippen LogP contribution in [-0.4, -0.2) is 60.2 Å². The first-order valence-corrected chi connectivity index (χ1v) is 12.9. The highest BCUT2D eigenvalue weighted by atomic mass is 32.2. The number of carbonyl (C=O) groups excluding carboxylic acids is 1. The number of hydrogen-bond acceptors (Lipinski definition) is 6. The molecule has 1 fully saturated rings. The van der Waals surface area contributed by atoms with Crippen molar-refractivity contribution in [3.63, 3.8) is 0 Å². The molecule has 0 atom stereocenters. The number of benzene rings is 2. The number of rotatable bonds is 8. The number of sulfonamides is 1. The summed E-state index contributed by atoms with van der Waals surface area (Å²) in [4.78, 5) is 17.2. The van der Waals surface area contributed by atoms with Gasteiger partial charge in [0.25, 0.3) is 0 Å². The second-order valence-electron chi connectivity index (χ2n) is 7.36. The summed E-state index contributed by atoms with van der Waals surface area (Å²) in [7, 11) is -3.59. The normalized spacial score (nSPS) is 15.2. The third-order valence-electron chi connectivity index (χ3n) is 5.27. The summed E-state index contributed by atoms with van der Waals surface area (Å²) in [6.07, 6.45) is 0. The number of amides is 1. The number of carbonyl (C=O) groups is 1. The smallest absolute Gasteiger partial charge is 0.243 e. The van der Waals surface area contributed by atoms with E-state index in [1.165, 1.54) is 16.1 Å². The summed E-state index contributed by atoms with van der Waals surface area (Å²) in [6.45, 7) is 4.65. The van der Waals surface area contributed by atoms with Crippen molar-refractivity contribution < 1.29 is 17.9 Å². The lowest BCUT2D eigenvalue weighted by atomic mass is 10.2. The molecule has 32 heavy (non-hydrogen) atoms. The van der Waals surface area contributed by atoms with Gasteiger partial charge in [0.05, 0.1) is 34.9 Å². The van der Waals surface area contributed by atoms with Crippen LogP contribution in [0.3, 0.4) is 0 Å². The van der Waals surface area contributed by atoms with Gasteiger partial charge in [0.15, 0.2) is 5.16 Å². The van der Waals surface area contributed by atoms with Crippen LogP contribution in [0.2, 0.25) is 0 Å². The SMILES string of the molecule is CCn1c(SCC(=O)NCc2ccccc2)nc2cc(S(=O)(=O)N3CCOCC3)ccc21. The molecule has 1 aliphatic rings. The van der Waals surface area contributed by atoms with Crippen LogP contribution in [0.15, 0.2) is 58.6 Å². The molecule has 1 saturated heterocycles. The molecule has 1 aromatic heterocycles. The molecular weight excluding hydrogens is 448 g/mol. The van der Waals surface area contributed by atoms with E-state index >= 15 is 0 Å². The van der Waals surface area contributed by atoms with Crippen LogP contribution in [-0.2, 0) is 32.6 Å². The van der Waals surface area contributed by atoms with E-state index in [2.05, 4.69) is 10.3 Å². The Bertz CT molecular complexity index is 1190. The van der Waals surface area contributed by atoms with E-state index < -0.39 is 10.0 Å². The standard InChI is InChI=1S/C22H26N4O4S2/c1-2-26-20-9-8-18(32(28,29)25-10-12-30-13-11-25)14-19(20)24-22(26)31-16-21(27)23-15-17-6-4-3-5-7-17/h3-9,14H,2,10-13,15-16H2,1H3,(H,23,27). The zero-order valence-electron chi connectivity index (χ0n) is 17.9. The summed E-state index contributed by atoms with van der Waals surface area (Å²) in [5, 5.41) is 3.61. The van der Waals surface area contributed by atoms with Gasteiger partial charge in [-0.2, -0.15) is 4.31 Å². The first kappa shape index (κ1) is 22.8. The van der Waals surface area contributed by atoms with Crippen LogP contribution in [0.4, 0.5) is 0 Å². The Balaban J connectivity index is 1.48. The van der Waals surface area contributed by atoms with Gasteiger partial charge < -0.3 is 14.6 Å². The van der Waals surface area contributed by atoms with Crippen molar-refractivity contribution in [2.75, 3.05) is 32.1 Å². The van der Waals surface area contributed by atoms with Crippen molar-refractivity contribution in [3.05, 3.63) is 54.1 Å². The zero-order valence-corrected chi connectivity index (χ0v) is 19.5. The number of nitrogens with zero attached hydrogens (tertiary/aromatic N) is 3. The van der Waals surface area contributed by atoms with Crippen LogP contribution in [0.25, 0.3) is 11.0 Å². The van der Waals surface area contributed by atoms with Crippen LogP contribution >= 0.6 is 11.8 Å². The third-order valence-corrected chi connectivity index (χ3v) is 8.14. The van der Waals surface area contributed by atoms with Crippen molar-refractivity contribution in [1.82, 2.24) is 19.2 Å². The quantitative estimate of drug-likeness (QED) is 0.504. The van der Waals surface area contributed by atoms with Crippen molar-refractivity contribution in [1.29, 1.82) is 0 Å². The Morgan fingerprint density at radius 3 is 2.62 bits per heavy atom. The van der Waals surface area contributed by atoms with Gasteiger partial charge in [-0.1, -0.05) is 42.1 Å². The Morgan fingerprint density at radius 1 is 1.16 bits per heavy atom.